The highest BCUT2D eigenvalue weighted by atomic mass is 32.2. The zero-order valence-electron chi connectivity index (χ0n) is 17.5. The van der Waals surface area contributed by atoms with Crippen LogP contribution < -0.4 is 10.1 Å². The van der Waals surface area contributed by atoms with Crippen LogP contribution in [0.25, 0.3) is 11.3 Å². The maximum atomic E-state index is 13.8. The van der Waals surface area contributed by atoms with Gasteiger partial charge in [0.15, 0.2) is 9.84 Å². The summed E-state index contributed by atoms with van der Waals surface area (Å²) in [5, 5.41) is 4.33. The van der Waals surface area contributed by atoms with E-state index in [9.17, 15) is 17.6 Å². The van der Waals surface area contributed by atoms with E-state index in [0.29, 0.717) is 28.5 Å². The summed E-state index contributed by atoms with van der Waals surface area (Å²) in [5.41, 5.74) is 2.36. The van der Waals surface area contributed by atoms with Crippen LogP contribution in [0.3, 0.4) is 0 Å². The first-order valence-corrected chi connectivity index (χ1v) is 12.6. The highest BCUT2D eigenvalue weighted by molar-refractivity contribution is 7.90. The molecule has 6 nitrogen and oxygen atoms in total. The van der Waals surface area contributed by atoms with Gasteiger partial charge in [-0.1, -0.05) is 30.3 Å². The Kier molecular flexibility index (Phi) is 6.52. The quantitative estimate of drug-likeness (QED) is 0.392. The van der Waals surface area contributed by atoms with Crippen molar-refractivity contribution in [2.75, 3.05) is 11.6 Å². The number of carbonyl (C=O) groups excluding carboxylic acids is 1. The number of thiophene rings is 1. The molecule has 0 aliphatic rings. The number of nitrogens with zero attached hydrogens (tertiary/aromatic N) is 1. The van der Waals surface area contributed by atoms with Crippen LogP contribution in [0.2, 0.25) is 0 Å². The Morgan fingerprint density at radius 1 is 1.09 bits per heavy atom. The minimum atomic E-state index is -3.62. The van der Waals surface area contributed by atoms with E-state index in [-0.39, 0.29) is 10.6 Å². The van der Waals surface area contributed by atoms with Crippen molar-refractivity contribution < 1.29 is 22.3 Å². The molecule has 168 valence electrons. The van der Waals surface area contributed by atoms with Gasteiger partial charge in [-0.2, -0.15) is 0 Å². The first-order valence-electron chi connectivity index (χ1n) is 9.82. The minimum absolute atomic E-state index is 0.0556. The van der Waals surface area contributed by atoms with Crippen LogP contribution in [0.15, 0.2) is 83.2 Å². The molecule has 0 saturated carbocycles. The number of amides is 1. The third kappa shape index (κ3) is 5.63. The molecule has 0 fully saturated rings. The monoisotopic (exact) mass is 482 g/mol. The maximum Gasteiger partial charge on any atom is 0.265 e. The summed E-state index contributed by atoms with van der Waals surface area (Å²) in [7, 11) is -3.62. The Morgan fingerprint density at radius 2 is 1.88 bits per heavy atom. The number of benzene rings is 2. The van der Waals surface area contributed by atoms with Crippen LogP contribution >= 0.6 is 11.3 Å². The van der Waals surface area contributed by atoms with E-state index in [1.807, 2.05) is 36.4 Å². The third-order valence-electron chi connectivity index (χ3n) is 4.66. The summed E-state index contributed by atoms with van der Waals surface area (Å²) in [6, 6.07) is 18.2. The van der Waals surface area contributed by atoms with Gasteiger partial charge in [-0.05, 0) is 42.0 Å². The zero-order chi connectivity index (χ0) is 23.4. The van der Waals surface area contributed by atoms with Crippen LogP contribution in [0, 0.1) is 5.82 Å². The van der Waals surface area contributed by atoms with Crippen molar-refractivity contribution in [3.8, 4) is 17.0 Å². The standard InChI is InChI=1S/C24H19FN2O4S2/c1-33(29,30)20-12-18(25)11-19(13-20)27-24(28)22-10-17(15-32-22)23-21(8-5-9-26-23)31-14-16-6-3-2-4-7-16/h2-13,15H,14H2,1H3,(H,27,28). The lowest BCUT2D eigenvalue weighted by Gasteiger charge is -2.09. The van der Waals surface area contributed by atoms with Crippen molar-refractivity contribution in [2.45, 2.75) is 11.5 Å². The second kappa shape index (κ2) is 9.51. The van der Waals surface area contributed by atoms with E-state index >= 15 is 0 Å². The van der Waals surface area contributed by atoms with Gasteiger partial charge in [-0.3, -0.25) is 9.78 Å². The van der Waals surface area contributed by atoms with Crippen LogP contribution in [-0.4, -0.2) is 25.6 Å². The normalized spacial score (nSPS) is 11.2. The molecule has 1 N–H and O–H groups in total. The molecular formula is C24H19FN2O4S2. The highest BCUT2D eigenvalue weighted by Gasteiger charge is 2.16. The maximum absolute atomic E-state index is 13.8. The molecule has 0 spiro atoms. The van der Waals surface area contributed by atoms with Gasteiger partial charge in [0.05, 0.1) is 9.77 Å². The lowest BCUT2D eigenvalue weighted by molar-refractivity contribution is 0.103. The summed E-state index contributed by atoms with van der Waals surface area (Å²) in [6.45, 7) is 0.374. The molecule has 9 heteroatoms. The topological polar surface area (TPSA) is 85.4 Å². The van der Waals surface area contributed by atoms with Gasteiger partial charge in [0.2, 0.25) is 0 Å². The van der Waals surface area contributed by atoms with Gasteiger partial charge < -0.3 is 10.1 Å². The Labute approximate surface area is 194 Å². The molecular weight excluding hydrogens is 463 g/mol. The second-order valence-electron chi connectivity index (χ2n) is 7.23. The van der Waals surface area contributed by atoms with Crippen molar-refractivity contribution >= 4 is 32.8 Å². The number of sulfone groups is 1. The molecule has 0 aliphatic heterocycles. The number of ether oxygens (including phenoxy) is 1. The van der Waals surface area contributed by atoms with E-state index in [1.54, 1.807) is 23.7 Å². The summed E-state index contributed by atoms with van der Waals surface area (Å²) in [5.74, 6) is -0.665. The third-order valence-corrected chi connectivity index (χ3v) is 6.68. The van der Waals surface area contributed by atoms with Crippen LogP contribution in [-0.2, 0) is 16.4 Å². The molecule has 0 aliphatic carbocycles. The summed E-state index contributed by atoms with van der Waals surface area (Å²) < 4.78 is 43.3. The summed E-state index contributed by atoms with van der Waals surface area (Å²) in [6.07, 6.45) is 2.62. The predicted molar refractivity (Wildman–Crippen MR) is 126 cm³/mol. The number of rotatable bonds is 7. The zero-order valence-corrected chi connectivity index (χ0v) is 19.1. The molecule has 2 aromatic carbocycles. The highest BCUT2D eigenvalue weighted by Crippen LogP contribution is 2.32. The molecule has 1 amide bonds. The number of aromatic nitrogens is 1. The SMILES string of the molecule is CS(=O)(=O)c1cc(F)cc(NC(=O)c2cc(-c3ncccc3OCc3ccccc3)cs2)c1. The van der Waals surface area contributed by atoms with Crippen molar-refractivity contribution in [1.29, 1.82) is 0 Å². The van der Waals surface area contributed by atoms with Crippen molar-refractivity contribution in [1.82, 2.24) is 4.98 Å². The first-order chi connectivity index (χ1) is 15.8. The van der Waals surface area contributed by atoms with Crippen LogP contribution in [0.5, 0.6) is 5.75 Å². The predicted octanol–water partition coefficient (Wildman–Crippen LogP) is 5.18. The van der Waals surface area contributed by atoms with Gasteiger partial charge in [0.1, 0.15) is 23.9 Å². The van der Waals surface area contributed by atoms with E-state index in [4.69, 9.17) is 4.74 Å². The Hall–Kier alpha value is -3.56. The van der Waals surface area contributed by atoms with Gasteiger partial charge >= 0.3 is 0 Å². The smallest absolute Gasteiger partial charge is 0.265 e. The van der Waals surface area contributed by atoms with Crippen LogP contribution in [0.4, 0.5) is 10.1 Å². The lowest BCUT2D eigenvalue weighted by atomic mass is 10.2. The van der Waals surface area contributed by atoms with E-state index < -0.39 is 21.6 Å². The van der Waals surface area contributed by atoms with Gasteiger partial charge in [-0.15, -0.1) is 11.3 Å². The molecule has 33 heavy (non-hydrogen) atoms. The molecule has 0 atom stereocenters. The molecule has 2 heterocycles. The Bertz CT molecular complexity index is 1400. The second-order valence-corrected chi connectivity index (χ2v) is 10.2. The number of anilines is 1. The Balaban J connectivity index is 1.53. The number of nitrogens with one attached hydrogen (secondary N) is 1. The van der Waals surface area contributed by atoms with Gasteiger partial charge in [0, 0.05) is 29.1 Å². The lowest BCUT2D eigenvalue weighted by Crippen LogP contribution is -2.11. The molecule has 0 saturated heterocycles. The Morgan fingerprint density at radius 3 is 2.64 bits per heavy atom. The average Bonchev–Trinajstić information content (AvgIpc) is 3.28. The van der Waals surface area contributed by atoms with Gasteiger partial charge in [-0.25, -0.2) is 12.8 Å². The first kappa shape index (κ1) is 22.6. The molecule has 4 aromatic rings. The van der Waals surface area contributed by atoms with E-state index in [1.165, 1.54) is 17.4 Å². The van der Waals surface area contributed by atoms with Crippen molar-refractivity contribution in [3.63, 3.8) is 0 Å². The number of hydrogen-bond donors (Lipinski definition) is 1. The fourth-order valence-electron chi connectivity index (χ4n) is 3.08. The van der Waals surface area contributed by atoms with Crippen LogP contribution in [0.1, 0.15) is 15.2 Å². The number of pyridine rings is 1. The largest absolute Gasteiger partial charge is 0.487 e. The number of halogens is 1. The minimum Gasteiger partial charge on any atom is -0.487 e. The molecule has 0 unspecified atom stereocenters. The van der Waals surface area contributed by atoms with E-state index in [0.717, 1.165) is 24.0 Å². The van der Waals surface area contributed by atoms with Crippen molar-refractivity contribution in [2.24, 2.45) is 0 Å². The van der Waals surface area contributed by atoms with Gasteiger partial charge in [0.25, 0.3) is 5.91 Å². The van der Waals surface area contributed by atoms with E-state index in [2.05, 4.69) is 10.3 Å². The fraction of sp³-hybridized carbons (Fsp3) is 0.0833. The molecule has 2 aromatic heterocycles. The summed E-state index contributed by atoms with van der Waals surface area (Å²) in [4.78, 5) is 17.3. The number of carbonyl (C=O) groups is 1. The molecule has 4 rings (SSSR count). The molecule has 0 bridgehead atoms. The fourth-order valence-corrected chi connectivity index (χ4v) is 4.53. The number of hydrogen-bond acceptors (Lipinski definition) is 6. The summed E-state index contributed by atoms with van der Waals surface area (Å²) >= 11 is 1.19. The average molecular weight is 483 g/mol. The van der Waals surface area contributed by atoms with Crippen molar-refractivity contribution in [3.05, 3.63) is 94.6 Å². The molecule has 0 radical (unpaired) electrons.